The van der Waals surface area contributed by atoms with E-state index in [9.17, 15) is 4.79 Å². The van der Waals surface area contributed by atoms with E-state index in [0.717, 1.165) is 10.9 Å². The number of fused-ring (bicyclic) bond motifs is 1. The maximum Gasteiger partial charge on any atom is 0.252 e. The molecule has 0 saturated carbocycles. The molecule has 2 heterocycles. The molecule has 0 radical (unpaired) electrons. The van der Waals surface area contributed by atoms with Gasteiger partial charge in [-0.2, -0.15) is 0 Å². The molecule has 0 fully saturated rings. The predicted octanol–water partition coefficient (Wildman–Crippen LogP) is 2.65. The number of aromatic nitrogens is 3. The predicted molar refractivity (Wildman–Crippen MR) is 73.0 cm³/mol. The molecule has 0 unspecified atom stereocenters. The fraction of sp³-hybridized carbons (Fsp3) is 0. The molecule has 2 N–H and O–H groups in total. The second-order valence-electron chi connectivity index (χ2n) is 3.89. The smallest absolute Gasteiger partial charge is 0.252 e. The van der Waals surface area contributed by atoms with Crippen LogP contribution in [0.15, 0.2) is 47.3 Å². The van der Waals surface area contributed by atoms with E-state index in [0.29, 0.717) is 16.2 Å². The van der Waals surface area contributed by atoms with Crippen molar-refractivity contribution < 1.29 is 0 Å². The number of nitrogens with zero attached hydrogens (tertiary/aromatic N) is 1. The van der Waals surface area contributed by atoms with Crippen molar-refractivity contribution in [3.05, 3.63) is 57.6 Å². The lowest BCUT2D eigenvalue weighted by molar-refractivity contribution is 1.09. The number of hydrogen-bond donors (Lipinski definition) is 2. The quantitative estimate of drug-likeness (QED) is 0.657. The van der Waals surface area contributed by atoms with E-state index in [-0.39, 0.29) is 5.56 Å². The molecule has 0 spiro atoms. The zero-order valence-corrected chi connectivity index (χ0v) is 10.1. The fourth-order valence-electron chi connectivity index (χ4n) is 1.82. The Balaban J connectivity index is 2.25. The molecule has 18 heavy (non-hydrogen) atoms. The molecule has 3 rings (SSSR count). The van der Waals surface area contributed by atoms with E-state index >= 15 is 0 Å². The standard InChI is InChI=1S/C13H9N3OS/c17-12-7-11(15-13(18)16-12)10-6-5-8-3-1-2-4-9(8)14-10/h1-7H,(H2,15,16,17,18). The summed E-state index contributed by atoms with van der Waals surface area (Å²) in [6, 6.07) is 13.1. The minimum absolute atomic E-state index is 0.233. The number of hydrogen-bond acceptors (Lipinski definition) is 3. The molecule has 5 heteroatoms. The zero-order valence-electron chi connectivity index (χ0n) is 9.31. The van der Waals surface area contributed by atoms with Crippen molar-refractivity contribution in [1.29, 1.82) is 0 Å². The van der Waals surface area contributed by atoms with Gasteiger partial charge in [-0.1, -0.05) is 24.3 Å². The van der Waals surface area contributed by atoms with E-state index in [1.807, 2.05) is 36.4 Å². The first-order valence-corrected chi connectivity index (χ1v) is 5.83. The van der Waals surface area contributed by atoms with Crippen LogP contribution in [0.3, 0.4) is 0 Å². The van der Waals surface area contributed by atoms with Gasteiger partial charge in [0.1, 0.15) is 0 Å². The SMILES string of the molecule is O=c1cc(-c2ccc3ccccc3n2)[nH]c(=S)[nH]1. The third kappa shape index (κ3) is 1.96. The monoisotopic (exact) mass is 255 g/mol. The minimum Gasteiger partial charge on any atom is -0.330 e. The van der Waals surface area contributed by atoms with Crippen molar-refractivity contribution in [2.75, 3.05) is 0 Å². The Kier molecular flexibility index (Phi) is 2.53. The highest BCUT2D eigenvalue weighted by Crippen LogP contribution is 2.17. The van der Waals surface area contributed by atoms with E-state index < -0.39 is 0 Å². The molecule has 1 aromatic carbocycles. The first-order valence-electron chi connectivity index (χ1n) is 5.42. The van der Waals surface area contributed by atoms with Gasteiger partial charge in [0, 0.05) is 11.5 Å². The molecule has 0 aliphatic rings. The average molecular weight is 255 g/mol. The van der Waals surface area contributed by atoms with E-state index in [1.54, 1.807) is 0 Å². The summed E-state index contributed by atoms with van der Waals surface area (Å²) in [5, 5.41) is 1.06. The second-order valence-corrected chi connectivity index (χ2v) is 4.30. The van der Waals surface area contributed by atoms with Crippen molar-refractivity contribution in [3.8, 4) is 11.4 Å². The fourth-order valence-corrected chi connectivity index (χ4v) is 2.03. The van der Waals surface area contributed by atoms with Gasteiger partial charge in [0.25, 0.3) is 5.56 Å². The van der Waals surface area contributed by atoms with Crippen molar-refractivity contribution in [2.24, 2.45) is 0 Å². The highest BCUT2D eigenvalue weighted by atomic mass is 32.1. The van der Waals surface area contributed by atoms with Crippen molar-refractivity contribution in [2.45, 2.75) is 0 Å². The molecular weight excluding hydrogens is 246 g/mol. The van der Waals surface area contributed by atoms with Gasteiger partial charge in [0.15, 0.2) is 4.77 Å². The number of H-pyrrole nitrogens is 2. The van der Waals surface area contributed by atoms with E-state index in [2.05, 4.69) is 15.0 Å². The van der Waals surface area contributed by atoms with Gasteiger partial charge in [-0.3, -0.25) is 9.78 Å². The molecule has 3 aromatic rings. The van der Waals surface area contributed by atoms with Crippen LogP contribution in [0.2, 0.25) is 0 Å². The Morgan fingerprint density at radius 1 is 1.06 bits per heavy atom. The first kappa shape index (κ1) is 10.9. The molecule has 0 aliphatic heterocycles. The van der Waals surface area contributed by atoms with Crippen LogP contribution in [-0.2, 0) is 0 Å². The summed E-state index contributed by atoms with van der Waals surface area (Å²) < 4.78 is 0.299. The summed E-state index contributed by atoms with van der Waals surface area (Å²) in [6.07, 6.45) is 0. The summed E-state index contributed by atoms with van der Waals surface area (Å²) >= 11 is 4.94. The van der Waals surface area contributed by atoms with Gasteiger partial charge in [-0.25, -0.2) is 4.98 Å². The molecule has 0 bridgehead atoms. The van der Waals surface area contributed by atoms with Crippen molar-refractivity contribution in [3.63, 3.8) is 0 Å². The van der Waals surface area contributed by atoms with E-state index in [1.165, 1.54) is 6.07 Å². The van der Waals surface area contributed by atoms with Crippen molar-refractivity contribution >= 4 is 23.1 Å². The lowest BCUT2D eigenvalue weighted by Crippen LogP contribution is -2.06. The largest absolute Gasteiger partial charge is 0.330 e. The summed E-state index contributed by atoms with van der Waals surface area (Å²) in [6.45, 7) is 0. The van der Waals surface area contributed by atoms with Crippen LogP contribution in [0.25, 0.3) is 22.3 Å². The molecule has 0 saturated heterocycles. The number of pyridine rings is 1. The average Bonchev–Trinajstić information content (AvgIpc) is 2.37. The normalized spacial score (nSPS) is 10.7. The van der Waals surface area contributed by atoms with Gasteiger partial charge in [-0.15, -0.1) is 0 Å². The molecule has 2 aromatic heterocycles. The Hall–Kier alpha value is -2.27. The lowest BCUT2D eigenvalue weighted by atomic mass is 10.2. The third-order valence-corrected chi connectivity index (χ3v) is 2.84. The molecular formula is C13H9N3OS. The Bertz CT molecular complexity index is 807. The zero-order chi connectivity index (χ0) is 12.5. The maximum atomic E-state index is 11.4. The number of nitrogens with one attached hydrogen (secondary N) is 2. The highest BCUT2D eigenvalue weighted by molar-refractivity contribution is 7.71. The second kappa shape index (κ2) is 4.19. The lowest BCUT2D eigenvalue weighted by Gasteiger charge is -2.02. The topological polar surface area (TPSA) is 61.5 Å². The van der Waals surface area contributed by atoms with Crippen LogP contribution in [0.4, 0.5) is 0 Å². The van der Waals surface area contributed by atoms with Crippen LogP contribution in [-0.4, -0.2) is 15.0 Å². The Labute approximate surface area is 107 Å². The Morgan fingerprint density at radius 3 is 2.72 bits per heavy atom. The molecule has 0 amide bonds. The van der Waals surface area contributed by atoms with Crippen LogP contribution in [0, 0.1) is 4.77 Å². The van der Waals surface area contributed by atoms with Crippen LogP contribution in [0.5, 0.6) is 0 Å². The molecule has 4 nitrogen and oxygen atoms in total. The first-order chi connectivity index (χ1) is 8.72. The molecule has 88 valence electrons. The maximum absolute atomic E-state index is 11.4. The van der Waals surface area contributed by atoms with Gasteiger partial charge in [0.05, 0.1) is 16.9 Å². The van der Waals surface area contributed by atoms with Crippen LogP contribution in [0.1, 0.15) is 0 Å². The summed E-state index contributed by atoms with van der Waals surface area (Å²) in [5.74, 6) is 0. The van der Waals surface area contributed by atoms with Gasteiger partial charge in [-0.05, 0) is 24.4 Å². The number of aromatic amines is 2. The molecule has 0 aliphatic carbocycles. The summed E-state index contributed by atoms with van der Waals surface area (Å²) in [5.41, 5.74) is 1.97. The third-order valence-electron chi connectivity index (χ3n) is 2.63. The van der Waals surface area contributed by atoms with Gasteiger partial charge < -0.3 is 4.98 Å². The number of para-hydroxylation sites is 1. The number of benzene rings is 1. The Morgan fingerprint density at radius 2 is 1.89 bits per heavy atom. The highest BCUT2D eigenvalue weighted by Gasteiger charge is 2.02. The van der Waals surface area contributed by atoms with Crippen molar-refractivity contribution in [1.82, 2.24) is 15.0 Å². The van der Waals surface area contributed by atoms with Crippen LogP contribution >= 0.6 is 12.2 Å². The van der Waals surface area contributed by atoms with Gasteiger partial charge >= 0.3 is 0 Å². The minimum atomic E-state index is -0.233. The number of rotatable bonds is 1. The van der Waals surface area contributed by atoms with Gasteiger partial charge in [0.2, 0.25) is 0 Å². The van der Waals surface area contributed by atoms with E-state index in [4.69, 9.17) is 12.2 Å². The summed E-state index contributed by atoms with van der Waals surface area (Å²) in [4.78, 5) is 21.3. The molecule has 0 atom stereocenters. The summed E-state index contributed by atoms with van der Waals surface area (Å²) in [7, 11) is 0. The van der Waals surface area contributed by atoms with Crippen LogP contribution < -0.4 is 5.56 Å².